The first-order chi connectivity index (χ1) is 26.7. The summed E-state index contributed by atoms with van der Waals surface area (Å²) in [6.45, 7) is 3.30. The molecule has 0 bridgehead atoms. The van der Waals surface area contributed by atoms with Crippen LogP contribution in [0.1, 0.15) is 206 Å². The summed E-state index contributed by atoms with van der Waals surface area (Å²) >= 11 is 0. The number of aliphatic hydroxyl groups excluding tert-OH is 7. The largest absolute Gasteiger partial charge is 0.394 e. The average molecular weight is 790 g/mol. The van der Waals surface area contributed by atoms with Crippen molar-refractivity contribution in [3.05, 3.63) is 0 Å². The quantitative estimate of drug-likeness (QED) is 0.0300. The van der Waals surface area contributed by atoms with Crippen LogP contribution in [0.2, 0.25) is 0 Å². The third kappa shape index (κ3) is 25.3. The van der Waals surface area contributed by atoms with Crippen LogP contribution in [0.5, 0.6) is 0 Å². The normalized spacial score (nSPS) is 22.4. The van der Waals surface area contributed by atoms with Crippen LogP contribution in [0, 0.1) is 0 Å². The SMILES string of the molecule is CCCCCCCCCCCCCCCCCCCCCCCCCCC(O)C(=O)NC(COC1OC(CO)C(O)C(O)C1O)C(O)C(O)CCCCCC. The molecule has 1 amide bonds. The van der Waals surface area contributed by atoms with Crippen LogP contribution >= 0.6 is 0 Å². The van der Waals surface area contributed by atoms with Gasteiger partial charge in [0.05, 0.1) is 25.4 Å². The molecular formula is C44H87NO10. The van der Waals surface area contributed by atoms with E-state index in [1.807, 2.05) is 0 Å². The van der Waals surface area contributed by atoms with E-state index in [4.69, 9.17) is 9.47 Å². The molecule has 0 aliphatic carbocycles. The van der Waals surface area contributed by atoms with Gasteiger partial charge in [0.25, 0.3) is 0 Å². The van der Waals surface area contributed by atoms with E-state index < -0.39 is 74.2 Å². The van der Waals surface area contributed by atoms with Gasteiger partial charge < -0.3 is 50.5 Å². The monoisotopic (exact) mass is 790 g/mol. The van der Waals surface area contributed by atoms with Crippen molar-refractivity contribution < 1.29 is 50.0 Å². The molecule has 1 aliphatic rings. The van der Waals surface area contributed by atoms with Crippen LogP contribution in [-0.4, -0.2) is 110 Å². The van der Waals surface area contributed by atoms with Gasteiger partial charge in [-0.15, -0.1) is 0 Å². The van der Waals surface area contributed by atoms with Crippen molar-refractivity contribution in [3.8, 4) is 0 Å². The summed E-state index contributed by atoms with van der Waals surface area (Å²) in [5, 5.41) is 74.8. The predicted octanol–water partition coefficient (Wildman–Crippen LogP) is 7.11. The fourth-order valence-electron chi connectivity index (χ4n) is 7.56. The average Bonchev–Trinajstić information content (AvgIpc) is 3.18. The van der Waals surface area contributed by atoms with Gasteiger partial charge in [0.1, 0.15) is 36.6 Å². The van der Waals surface area contributed by atoms with Gasteiger partial charge in [-0.05, 0) is 12.8 Å². The Hall–Kier alpha value is -0.890. The number of hydrogen-bond acceptors (Lipinski definition) is 10. The molecule has 0 spiro atoms. The summed E-state index contributed by atoms with van der Waals surface area (Å²) in [5.74, 6) is -0.700. The number of hydrogen-bond donors (Lipinski definition) is 8. The van der Waals surface area contributed by atoms with Crippen LogP contribution in [0.4, 0.5) is 0 Å². The van der Waals surface area contributed by atoms with E-state index in [2.05, 4.69) is 19.2 Å². The summed E-state index contributed by atoms with van der Waals surface area (Å²) in [6.07, 6.45) is 24.0. The van der Waals surface area contributed by atoms with Crippen LogP contribution < -0.4 is 5.32 Å². The standard InChI is InChI=1S/C44H87NO10/c1-3-5-7-9-10-11-12-13-14-15-16-17-18-19-20-21-22-23-24-25-26-27-28-30-32-37(48)43(53)45-35(39(49)36(47)31-29-8-6-4-2)34-54-44-42(52)41(51)40(50)38(33-46)55-44/h35-42,44,46-52H,3-34H2,1-2H3,(H,45,53). The first kappa shape index (κ1) is 52.1. The minimum absolute atomic E-state index is 0.265. The lowest BCUT2D eigenvalue weighted by Gasteiger charge is -2.40. The van der Waals surface area contributed by atoms with Gasteiger partial charge in [-0.25, -0.2) is 0 Å². The Morgan fingerprint density at radius 1 is 0.564 bits per heavy atom. The molecule has 1 rings (SSSR count). The van der Waals surface area contributed by atoms with E-state index in [0.29, 0.717) is 19.3 Å². The molecule has 1 fully saturated rings. The van der Waals surface area contributed by atoms with Gasteiger partial charge in [0.15, 0.2) is 6.29 Å². The maximum atomic E-state index is 13.0. The van der Waals surface area contributed by atoms with Crippen molar-refractivity contribution in [1.29, 1.82) is 0 Å². The van der Waals surface area contributed by atoms with Crippen molar-refractivity contribution >= 4 is 5.91 Å². The molecule has 0 aromatic heterocycles. The van der Waals surface area contributed by atoms with Crippen LogP contribution in [0.25, 0.3) is 0 Å². The molecular weight excluding hydrogens is 702 g/mol. The Balaban J connectivity index is 2.20. The zero-order valence-corrected chi connectivity index (χ0v) is 35.2. The Kier molecular flexibility index (Phi) is 33.3. The second-order valence-electron chi connectivity index (χ2n) is 16.5. The highest BCUT2D eigenvalue weighted by Gasteiger charge is 2.44. The lowest BCUT2D eigenvalue weighted by atomic mass is 9.98. The highest BCUT2D eigenvalue weighted by atomic mass is 16.7. The fourth-order valence-corrected chi connectivity index (χ4v) is 7.56. The van der Waals surface area contributed by atoms with Gasteiger partial charge >= 0.3 is 0 Å². The summed E-state index contributed by atoms with van der Waals surface area (Å²) in [6, 6.07) is -1.16. The molecule has 1 saturated heterocycles. The molecule has 0 aromatic carbocycles. The lowest BCUT2D eigenvalue weighted by Crippen LogP contribution is -2.60. The number of ether oxygens (including phenoxy) is 2. The van der Waals surface area contributed by atoms with E-state index in [-0.39, 0.29) is 6.42 Å². The molecule has 11 nitrogen and oxygen atoms in total. The fraction of sp³-hybridized carbons (Fsp3) is 0.977. The zero-order valence-electron chi connectivity index (χ0n) is 35.2. The summed E-state index contributed by atoms with van der Waals surface area (Å²) in [4.78, 5) is 13.0. The molecule has 0 aromatic rings. The second kappa shape index (κ2) is 35.1. The van der Waals surface area contributed by atoms with E-state index in [1.54, 1.807) is 0 Å². The Morgan fingerprint density at radius 3 is 1.36 bits per heavy atom. The highest BCUT2D eigenvalue weighted by Crippen LogP contribution is 2.23. The first-order valence-electron chi connectivity index (χ1n) is 22.9. The number of carbonyl (C=O) groups is 1. The third-order valence-corrected chi connectivity index (χ3v) is 11.4. The molecule has 328 valence electrons. The third-order valence-electron chi connectivity index (χ3n) is 11.4. The Morgan fingerprint density at radius 2 is 0.945 bits per heavy atom. The Bertz CT molecular complexity index is 866. The predicted molar refractivity (Wildman–Crippen MR) is 220 cm³/mol. The van der Waals surface area contributed by atoms with E-state index in [1.165, 1.54) is 128 Å². The maximum absolute atomic E-state index is 13.0. The number of nitrogens with one attached hydrogen (secondary N) is 1. The number of unbranched alkanes of at least 4 members (excludes halogenated alkanes) is 26. The number of amides is 1. The summed E-state index contributed by atoms with van der Waals surface area (Å²) < 4.78 is 11.0. The number of aliphatic hydroxyl groups is 7. The molecule has 0 radical (unpaired) electrons. The number of rotatable bonds is 38. The zero-order chi connectivity index (χ0) is 40.5. The van der Waals surface area contributed by atoms with Crippen molar-refractivity contribution in [2.45, 2.75) is 262 Å². The molecule has 11 heteroatoms. The minimum atomic E-state index is -1.65. The summed E-state index contributed by atoms with van der Waals surface area (Å²) in [5.41, 5.74) is 0. The van der Waals surface area contributed by atoms with Crippen molar-refractivity contribution in [2.75, 3.05) is 13.2 Å². The van der Waals surface area contributed by atoms with Crippen molar-refractivity contribution in [1.82, 2.24) is 5.32 Å². The topological polar surface area (TPSA) is 189 Å². The maximum Gasteiger partial charge on any atom is 0.249 e. The van der Waals surface area contributed by atoms with Gasteiger partial charge in [-0.3, -0.25) is 4.79 Å². The molecule has 8 N–H and O–H groups in total. The van der Waals surface area contributed by atoms with Crippen LogP contribution in [0.15, 0.2) is 0 Å². The highest BCUT2D eigenvalue weighted by molar-refractivity contribution is 5.80. The van der Waals surface area contributed by atoms with Gasteiger partial charge in [0, 0.05) is 0 Å². The first-order valence-corrected chi connectivity index (χ1v) is 22.9. The second-order valence-corrected chi connectivity index (χ2v) is 16.5. The molecule has 0 saturated carbocycles. The molecule has 1 aliphatic heterocycles. The molecule has 1 heterocycles. The van der Waals surface area contributed by atoms with E-state index in [0.717, 1.165) is 38.5 Å². The lowest BCUT2D eigenvalue weighted by molar-refractivity contribution is -0.303. The van der Waals surface area contributed by atoms with Crippen LogP contribution in [-0.2, 0) is 14.3 Å². The van der Waals surface area contributed by atoms with Gasteiger partial charge in [-0.1, -0.05) is 194 Å². The smallest absolute Gasteiger partial charge is 0.249 e. The molecule has 9 atom stereocenters. The minimum Gasteiger partial charge on any atom is -0.394 e. The van der Waals surface area contributed by atoms with Gasteiger partial charge in [-0.2, -0.15) is 0 Å². The van der Waals surface area contributed by atoms with Crippen LogP contribution in [0.3, 0.4) is 0 Å². The molecule has 9 unspecified atom stereocenters. The Labute approximate surface area is 335 Å². The van der Waals surface area contributed by atoms with Crippen molar-refractivity contribution in [3.63, 3.8) is 0 Å². The van der Waals surface area contributed by atoms with E-state index in [9.17, 15) is 40.5 Å². The number of carbonyl (C=O) groups excluding carboxylic acids is 1. The molecule has 55 heavy (non-hydrogen) atoms. The van der Waals surface area contributed by atoms with Gasteiger partial charge in [0.2, 0.25) is 5.91 Å². The van der Waals surface area contributed by atoms with Crippen molar-refractivity contribution in [2.24, 2.45) is 0 Å². The van der Waals surface area contributed by atoms with E-state index >= 15 is 0 Å². The summed E-state index contributed by atoms with van der Waals surface area (Å²) in [7, 11) is 0.